The Bertz CT molecular complexity index is 415. The summed E-state index contributed by atoms with van der Waals surface area (Å²) >= 11 is 0. The second-order valence-corrected chi connectivity index (χ2v) is 6.23. The number of ether oxygens (including phenoxy) is 1. The quantitative estimate of drug-likeness (QED) is 0.167. The van der Waals surface area contributed by atoms with Gasteiger partial charge in [0.2, 0.25) is 6.29 Å². The van der Waals surface area contributed by atoms with Crippen LogP contribution in [0, 0.1) is 0 Å². The number of unbranched alkanes of at least 4 members (excludes halogenated alkanes) is 5. The van der Waals surface area contributed by atoms with Crippen molar-refractivity contribution in [1.82, 2.24) is 0 Å². The number of carbonyl (C=O) groups is 1. The largest absolute Gasteiger partial charge is 0.433 e. The van der Waals surface area contributed by atoms with Crippen molar-refractivity contribution in [3.05, 3.63) is 36.5 Å². The van der Waals surface area contributed by atoms with Crippen LogP contribution in [-0.2, 0) is 9.53 Å². The van der Waals surface area contributed by atoms with E-state index in [1.165, 1.54) is 0 Å². The van der Waals surface area contributed by atoms with Gasteiger partial charge in [-0.15, -0.1) is 0 Å². The summed E-state index contributed by atoms with van der Waals surface area (Å²) in [7, 11) is 0. The first kappa shape index (κ1) is 24.6. The van der Waals surface area contributed by atoms with E-state index in [2.05, 4.69) is 48.1 Å². The van der Waals surface area contributed by atoms with Gasteiger partial charge in [-0.25, -0.2) is 0 Å². The Morgan fingerprint density at radius 1 is 0.885 bits per heavy atom. The predicted octanol–water partition coefficient (Wildman–Crippen LogP) is 3.79. The first-order valence-corrected chi connectivity index (χ1v) is 9.73. The topological polar surface area (TPSA) is 87.0 Å². The van der Waals surface area contributed by atoms with E-state index in [0.717, 1.165) is 51.4 Å². The van der Waals surface area contributed by atoms with E-state index in [-0.39, 0.29) is 6.42 Å². The van der Waals surface area contributed by atoms with Gasteiger partial charge in [0.05, 0.1) is 6.61 Å². The average molecular weight is 369 g/mol. The fraction of sp³-hybridized carbons (Fsp3) is 0.667. The highest BCUT2D eigenvalue weighted by atomic mass is 16.6. The molecule has 0 saturated carbocycles. The molecule has 0 spiro atoms. The highest BCUT2D eigenvalue weighted by molar-refractivity contribution is 5.69. The van der Waals surface area contributed by atoms with Crippen LogP contribution in [-0.4, -0.2) is 40.3 Å². The van der Waals surface area contributed by atoms with E-state index in [4.69, 9.17) is 10.2 Å². The highest BCUT2D eigenvalue weighted by Gasteiger charge is 2.19. The van der Waals surface area contributed by atoms with Gasteiger partial charge in [0, 0.05) is 6.42 Å². The SMILES string of the molecule is CC/C=C\C/C=C\C/C=C\CCCCCCCC(=O)OC(O)C(O)CO. The van der Waals surface area contributed by atoms with Crippen LogP contribution in [0.2, 0.25) is 0 Å². The molecule has 2 atom stereocenters. The van der Waals surface area contributed by atoms with Crippen molar-refractivity contribution in [1.29, 1.82) is 0 Å². The highest BCUT2D eigenvalue weighted by Crippen LogP contribution is 2.09. The normalized spacial score (nSPS) is 14.5. The number of hydrogen-bond donors (Lipinski definition) is 3. The molecule has 5 heteroatoms. The number of rotatable bonds is 16. The van der Waals surface area contributed by atoms with Crippen molar-refractivity contribution in [3.63, 3.8) is 0 Å². The monoisotopic (exact) mass is 368 g/mol. The summed E-state index contributed by atoms with van der Waals surface area (Å²) in [5.41, 5.74) is 0. The summed E-state index contributed by atoms with van der Waals surface area (Å²) in [5.74, 6) is -0.550. The van der Waals surface area contributed by atoms with Crippen LogP contribution in [0.3, 0.4) is 0 Å². The number of carbonyl (C=O) groups excluding carboxylic acids is 1. The summed E-state index contributed by atoms with van der Waals surface area (Å²) in [6.07, 6.45) is 19.4. The zero-order valence-corrected chi connectivity index (χ0v) is 16.1. The maximum absolute atomic E-state index is 11.4. The number of hydrogen-bond acceptors (Lipinski definition) is 5. The van der Waals surface area contributed by atoms with Crippen LogP contribution in [0.25, 0.3) is 0 Å². The standard InChI is InChI=1S/C21H36O5/c1-2-3-4-5-6-7-8-9-10-11-12-13-14-15-16-17-20(24)26-21(25)19(23)18-22/h3-4,6-7,9-10,19,21-23,25H,2,5,8,11-18H2,1H3/b4-3-,7-6-,10-9-. The third kappa shape index (κ3) is 16.1. The molecule has 26 heavy (non-hydrogen) atoms. The second kappa shape index (κ2) is 18.4. The Balaban J connectivity index is 3.44. The number of aliphatic hydroxyl groups is 3. The van der Waals surface area contributed by atoms with E-state index in [9.17, 15) is 9.90 Å². The molecule has 0 aromatic rings. The molecule has 0 radical (unpaired) electrons. The minimum atomic E-state index is -1.65. The molecule has 0 aromatic carbocycles. The zero-order chi connectivity index (χ0) is 19.5. The predicted molar refractivity (Wildman–Crippen MR) is 104 cm³/mol. The van der Waals surface area contributed by atoms with Gasteiger partial charge in [0.15, 0.2) is 0 Å². The lowest BCUT2D eigenvalue weighted by molar-refractivity contribution is -0.190. The summed E-state index contributed by atoms with van der Waals surface area (Å²) < 4.78 is 4.61. The summed E-state index contributed by atoms with van der Waals surface area (Å²) in [6, 6.07) is 0. The maximum atomic E-state index is 11.4. The van der Waals surface area contributed by atoms with Gasteiger partial charge in [-0.3, -0.25) is 4.79 Å². The molecule has 3 N–H and O–H groups in total. The average Bonchev–Trinajstić information content (AvgIpc) is 2.64. The first-order valence-electron chi connectivity index (χ1n) is 9.73. The Morgan fingerprint density at radius 3 is 2.12 bits per heavy atom. The maximum Gasteiger partial charge on any atom is 0.308 e. The summed E-state index contributed by atoms with van der Waals surface area (Å²) in [6.45, 7) is 1.49. The van der Waals surface area contributed by atoms with Crippen LogP contribution in [0.1, 0.15) is 71.1 Å². The van der Waals surface area contributed by atoms with Gasteiger partial charge in [-0.05, 0) is 38.5 Å². The molecule has 0 aliphatic rings. The summed E-state index contributed by atoms with van der Waals surface area (Å²) in [4.78, 5) is 11.4. The lowest BCUT2D eigenvalue weighted by Gasteiger charge is -2.15. The fourth-order valence-electron chi connectivity index (χ4n) is 2.25. The molecular formula is C21H36O5. The van der Waals surface area contributed by atoms with Gasteiger partial charge in [-0.1, -0.05) is 62.6 Å². The first-order chi connectivity index (χ1) is 12.6. The van der Waals surface area contributed by atoms with E-state index in [0.29, 0.717) is 6.42 Å². The molecule has 0 aromatic heterocycles. The molecule has 0 heterocycles. The molecule has 0 aliphatic heterocycles. The number of aliphatic hydroxyl groups excluding tert-OH is 3. The molecule has 150 valence electrons. The zero-order valence-electron chi connectivity index (χ0n) is 16.1. The van der Waals surface area contributed by atoms with Gasteiger partial charge in [0.1, 0.15) is 6.10 Å². The van der Waals surface area contributed by atoms with Crippen LogP contribution < -0.4 is 0 Å². The molecule has 5 nitrogen and oxygen atoms in total. The number of allylic oxidation sites excluding steroid dienone is 6. The Morgan fingerprint density at radius 2 is 1.46 bits per heavy atom. The molecule has 0 amide bonds. The van der Waals surface area contributed by atoms with E-state index in [1.54, 1.807) is 0 Å². The van der Waals surface area contributed by atoms with E-state index < -0.39 is 25.0 Å². The van der Waals surface area contributed by atoms with Crippen molar-refractivity contribution >= 4 is 5.97 Å². The van der Waals surface area contributed by atoms with Gasteiger partial charge in [-0.2, -0.15) is 0 Å². The lowest BCUT2D eigenvalue weighted by Crippen LogP contribution is -2.33. The van der Waals surface area contributed by atoms with Crippen molar-refractivity contribution in [3.8, 4) is 0 Å². The molecule has 2 unspecified atom stereocenters. The van der Waals surface area contributed by atoms with Gasteiger partial charge in [0.25, 0.3) is 0 Å². The Labute approximate surface area is 158 Å². The smallest absolute Gasteiger partial charge is 0.308 e. The molecule has 0 bridgehead atoms. The summed E-state index contributed by atoms with van der Waals surface area (Å²) in [5, 5.41) is 27.0. The Hall–Kier alpha value is -1.43. The molecule has 0 aliphatic carbocycles. The van der Waals surface area contributed by atoms with Crippen molar-refractivity contribution in [2.45, 2.75) is 83.5 Å². The van der Waals surface area contributed by atoms with Crippen molar-refractivity contribution in [2.75, 3.05) is 6.61 Å². The van der Waals surface area contributed by atoms with Gasteiger partial charge >= 0.3 is 5.97 Å². The van der Waals surface area contributed by atoms with Crippen LogP contribution in [0.4, 0.5) is 0 Å². The fourth-order valence-corrected chi connectivity index (χ4v) is 2.25. The molecular weight excluding hydrogens is 332 g/mol. The minimum Gasteiger partial charge on any atom is -0.433 e. The lowest BCUT2D eigenvalue weighted by atomic mass is 10.1. The van der Waals surface area contributed by atoms with Crippen molar-refractivity contribution in [2.24, 2.45) is 0 Å². The molecule has 0 saturated heterocycles. The number of esters is 1. The van der Waals surface area contributed by atoms with Crippen LogP contribution in [0.5, 0.6) is 0 Å². The van der Waals surface area contributed by atoms with Gasteiger partial charge < -0.3 is 20.1 Å². The second-order valence-electron chi connectivity index (χ2n) is 6.23. The molecule has 0 fully saturated rings. The van der Waals surface area contributed by atoms with E-state index >= 15 is 0 Å². The third-order valence-corrected chi connectivity index (χ3v) is 3.80. The van der Waals surface area contributed by atoms with Crippen molar-refractivity contribution < 1.29 is 24.9 Å². The minimum absolute atomic E-state index is 0.217. The Kier molecular flexibility index (Phi) is 17.4. The molecule has 0 rings (SSSR count). The van der Waals surface area contributed by atoms with Crippen LogP contribution >= 0.6 is 0 Å². The van der Waals surface area contributed by atoms with E-state index in [1.807, 2.05) is 0 Å². The third-order valence-electron chi connectivity index (χ3n) is 3.80. The van der Waals surface area contributed by atoms with Crippen LogP contribution in [0.15, 0.2) is 36.5 Å².